The minimum absolute atomic E-state index is 0.0423. The number of carbonyl (C=O) groups excluding carboxylic acids is 5. The van der Waals surface area contributed by atoms with E-state index in [1.54, 1.807) is 6.92 Å². The average Bonchev–Trinajstić information content (AvgIpc) is 3.52. The van der Waals surface area contributed by atoms with Crippen molar-refractivity contribution in [3.8, 4) is 0 Å². The number of fused-ring (bicyclic) bond motifs is 1. The highest BCUT2D eigenvalue weighted by atomic mass is 32.2. The molecule has 3 heterocycles. The first-order valence-electron chi connectivity index (χ1n) is 14.1. The molecule has 0 aromatic heterocycles. The Morgan fingerprint density at radius 1 is 1.11 bits per heavy atom. The predicted molar refractivity (Wildman–Crippen MR) is 162 cm³/mol. The van der Waals surface area contributed by atoms with E-state index in [0.717, 1.165) is 6.34 Å². The number of carbonyl (C=O) groups is 5. The van der Waals surface area contributed by atoms with E-state index >= 15 is 0 Å². The number of hydrogen-bond donors (Lipinski definition) is 3. The zero-order valence-electron chi connectivity index (χ0n) is 24.8. The molecule has 3 aliphatic heterocycles. The molecule has 44 heavy (non-hydrogen) atoms. The van der Waals surface area contributed by atoms with Crippen molar-refractivity contribution in [1.82, 2.24) is 20.4 Å². The van der Waals surface area contributed by atoms with Gasteiger partial charge in [-0.2, -0.15) is 0 Å². The summed E-state index contributed by atoms with van der Waals surface area (Å²) in [5.41, 5.74) is 0.116. The van der Waals surface area contributed by atoms with E-state index in [0.29, 0.717) is 4.91 Å². The van der Waals surface area contributed by atoms with E-state index in [1.165, 1.54) is 39.8 Å². The van der Waals surface area contributed by atoms with Crippen LogP contribution in [0.2, 0.25) is 0 Å². The molecule has 2 unspecified atom stereocenters. The largest absolute Gasteiger partial charge is 0.457 e. The number of ether oxygens (including phenoxy) is 3. The SMILES string of the molecule is C=CCOC(=O)NC=NCCNC(=O)[C@@H]1C[C@H](SC2=C(C(=O)OCC=C)N3C(=O)C([C@@H](C)O)C3[C@H]2C)CN1C(=O)OCC=C. The lowest BCUT2D eigenvalue weighted by Gasteiger charge is -2.46. The Kier molecular flexibility index (Phi) is 12.6. The van der Waals surface area contributed by atoms with Gasteiger partial charge in [-0.05, 0) is 13.3 Å². The zero-order chi connectivity index (χ0) is 32.4. The topological polar surface area (TPSA) is 176 Å². The second-order valence-corrected chi connectivity index (χ2v) is 11.6. The second-order valence-electron chi connectivity index (χ2n) is 10.2. The van der Waals surface area contributed by atoms with Gasteiger partial charge in [0.15, 0.2) is 0 Å². The molecule has 14 nitrogen and oxygen atoms in total. The maximum atomic E-state index is 13.2. The summed E-state index contributed by atoms with van der Waals surface area (Å²) in [4.78, 5) is 70.8. The van der Waals surface area contributed by atoms with Crippen LogP contribution in [-0.4, -0.2) is 114 Å². The Morgan fingerprint density at radius 2 is 1.77 bits per heavy atom. The highest BCUT2D eigenvalue weighted by Crippen LogP contribution is 2.52. The Hall–Kier alpha value is -4.11. The van der Waals surface area contributed by atoms with Crippen molar-refractivity contribution < 1.29 is 43.3 Å². The molecule has 3 N–H and O–H groups in total. The number of hydrogen-bond acceptors (Lipinski definition) is 11. The fourth-order valence-corrected chi connectivity index (χ4v) is 6.82. The van der Waals surface area contributed by atoms with Gasteiger partial charge in [0.2, 0.25) is 11.8 Å². The molecular formula is C29H39N5O9S. The van der Waals surface area contributed by atoms with E-state index in [9.17, 15) is 29.1 Å². The lowest BCUT2D eigenvalue weighted by molar-refractivity contribution is -0.164. The van der Waals surface area contributed by atoms with Gasteiger partial charge in [-0.15, -0.1) is 11.8 Å². The fraction of sp³-hybridized carbons (Fsp3) is 0.517. The molecule has 3 aliphatic rings. The van der Waals surface area contributed by atoms with Crippen molar-refractivity contribution in [2.75, 3.05) is 39.5 Å². The molecule has 2 fully saturated rings. The van der Waals surface area contributed by atoms with Gasteiger partial charge in [0, 0.05) is 29.2 Å². The van der Waals surface area contributed by atoms with Gasteiger partial charge < -0.3 is 29.5 Å². The van der Waals surface area contributed by atoms with Crippen molar-refractivity contribution in [2.24, 2.45) is 16.8 Å². The molecule has 0 bridgehead atoms. The van der Waals surface area contributed by atoms with Crippen LogP contribution in [0.25, 0.3) is 0 Å². The maximum absolute atomic E-state index is 13.2. The summed E-state index contributed by atoms with van der Waals surface area (Å²) < 4.78 is 15.3. The van der Waals surface area contributed by atoms with Gasteiger partial charge >= 0.3 is 18.2 Å². The van der Waals surface area contributed by atoms with Gasteiger partial charge in [-0.3, -0.25) is 24.8 Å². The molecule has 0 saturated carbocycles. The third-order valence-corrected chi connectivity index (χ3v) is 8.69. The maximum Gasteiger partial charge on any atom is 0.412 e. The molecule has 0 aromatic carbocycles. The van der Waals surface area contributed by atoms with Crippen molar-refractivity contribution in [3.63, 3.8) is 0 Å². The quantitative estimate of drug-likeness (QED) is 0.0454. The number of amides is 4. The Labute approximate surface area is 260 Å². The number of nitrogens with zero attached hydrogens (tertiary/aromatic N) is 3. The molecule has 2 saturated heterocycles. The number of aliphatic hydroxyl groups is 1. The second kappa shape index (κ2) is 16.1. The molecule has 0 radical (unpaired) electrons. The predicted octanol–water partition coefficient (Wildman–Crippen LogP) is 1.34. The average molecular weight is 634 g/mol. The summed E-state index contributed by atoms with van der Waals surface area (Å²) in [6.45, 7) is 14.3. The number of thioether (sulfide) groups is 1. The van der Waals surface area contributed by atoms with E-state index in [1.807, 2.05) is 6.92 Å². The summed E-state index contributed by atoms with van der Waals surface area (Å²) in [6, 6.07) is -1.29. The first kappa shape index (κ1) is 34.4. The summed E-state index contributed by atoms with van der Waals surface area (Å²) in [5, 5.41) is 15.0. The van der Waals surface area contributed by atoms with E-state index < -0.39 is 48.2 Å². The normalized spacial score (nSPS) is 24.7. The van der Waals surface area contributed by atoms with Crippen LogP contribution in [0.1, 0.15) is 20.3 Å². The van der Waals surface area contributed by atoms with Gasteiger partial charge in [0.05, 0.1) is 30.9 Å². The summed E-state index contributed by atoms with van der Waals surface area (Å²) in [7, 11) is 0. The van der Waals surface area contributed by atoms with Gasteiger partial charge in [-0.1, -0.05) is 44.9 Å². The van der Waals surface area contributed by atoms with Crippen molar-refractivity contribution in [3.05, 3.63) is 48.6 Å². The number of esters is 1. The number of aliphatic imine (C=N–C) groups is 1. The van der Waals surface area contributed by atoms with Crippen LogP contribution >= 0.6 is 11.8 Å². The molecule has 6 atom stereocenters. The Morgan fingerprint density at radius 3 is 2.43 bits per heavy atom. The monoisotopic (exact) mass is 633 g/mol. The summed E-state index contributed by atoms with van der Waals surface area (Å²) >= 11 is 1.31. The van der Waals surface area contributed by atoms with Gasteiger partial charge in [0.1, 0.15) is 31.6 Å². The number of nitrogens with one attached hydrogen (secondary N) is 2. The summed E-state index contributed by atoms with van der Waals surface area (Å²) in [6.07, 6.45) is 3.37. The minimum Gasteiger partial charge on any atom is -0.457 e. The smallest absolute Gasteiger partial charge is 0.412 e. The fourth-order valence-electron chi connectivity index (χ4n) is 5.30. The lowest BCUT2D eigenvalue weighted by Crippen LogP contribution is -2.63. The molecule has 0 aromatic rings. The Balaban J connectivity index is 1.72. The van der Waals surface area contributed by atoms with Crippen LogP contribution in [0.5, 0.6) is 0 Å². The van der Waals surface area contributed by atoms with E-state index in [2.05, 4.69) is 35.4 Å². The number of rotatable bonds is 15. The highest BCUT2D eigenvalue weighted by Gasteiger charge is 2.60. The minimum atomic E-state index is -0.901. The van der Waals surface area contributed by atoms with Crippen LogP contribution in [-0.2, 0) is 28.6 Å². The summed E-state index contributed by atoms with van der Waals surface area (Å²) in [5.74, 6) is -2.42. The first-order chi connectivity index (χ1) is 21.1. The first-order valence-corrected chi connectivity index (χ1v) is 15.0. The van der Waals surface area contributed by atoms with Gasteiger partial charge in [0.25, 0.3) is 0 Å². The van der Waals surface area contributed by atoms with Crippen LogP contribution < -0.4 is 10.6 Å². The molecule has 0 aliphatic carbocycles. The molecule has 240 valence electrons. The molecule has 3 rings (SSSR count). The number of alkyl carbamates (subject to hydrolysis) is 1. The van der Waals surface area contributed by atoms with Crippen molar-refractivity contribution >= 4 is 48.1 Å². The standard InChI is InChI=1S/C29H39N5O9S/c1-6-11-41-27(38)23-24(17(4)22-21(18(5)35)26(37)34(22)23)44-19-14-20(33(15-19)29(40)43-13-8-3)25(36)31-10-9-30-16-32-28(39)42-12-7-2/h6-8,16-22,35H,1-3,9-15H2,4-5H3,(H,31,36)(H,30,32,39)/t17-,18-,19+,20+,21?,22?/m1/s1. The van der Waals surface area contributed by atoms with Crippen LogP contribution in [0.4, 0.5) is 9.59 Å². The lowest BCUT2D eigenvalue weighted by atomic mass is 9.79. The molecule has 0 spiro atoms. The number of aliphatic hydroxyl groups excluding tert-OH is 1. The number of likely N-dealkylation sites (tertiary alicyclic amines) is 1. The van der Waals surface area contributed by atoms with Crippen molar-refractivity contribution in [1.29, 1.82) is 0 Å². The molecule has 4 amide bonds. The van der Waals surface area contributed by atoms with Crippen molar-refractivity contribution in [2.45, 2.75) is 43.7 Å². The zero-order valence-corrected chi connectivity index (χ0v) is 25.6. The Bertz CT molecular complexity index is 1220. The van der Waals surface area contributed by atoms with E-state index in [-0.39, 0.29) is 68.6 Å². The van der Waals surface area contributed by atoms with Crippen LogP contribution in [0.3, 0.4) is 0 Å². The van der Waals surface area contributed by atoms with Crippen LogP contribution in [0, 0.1) is 11.8 Å². The van der Waals surface area contributed by atoms with E-state index in [4.69, 9.17) is 14.2 Å². The van der Waals surface area contributed by atoms with Gasteiger partial charge in [-0.25, -0.2) is 14.4 Å². The highest BCUT2D eigenvalue weighted by molar-refractivity contribution is 8.03. The molecular weight excluding hydrogens is 594 g/mol. The number of β-lactam (4-membered cyclic amide) rings is 1. The third kappa shape index (κ3) is 7.88. The van der Waals surface area contributed by atoms with Crippen LogP contribution in [0.15, 0.2) is 53.6 Å². The molecule has 15 heteroatoms. The third-order valence-electron chi connectivity index (χ3n) is 7.20.